The third kappa shape index (κ3) is 2.36. The van der Waals surface area contributed by atoms with Crippen LogP contribution in [0.15, 0.2) is 35.7 Å². The van der Waals surface area contributed by atoms with Crippen molar-refractivity contribution in [2.75, 3.05) is 17.2 Å². The predicted octanol–water partition coefficient (Wildman–Crippen LogP) is 2.69. The van der Waals surface area contributed by atoms with Gasteiger partial charge in [-0.05, 0) is 36.9 Å². The Labute approximate surface area is 121 Å². The van der Waals surface area contributed by atoms with Crippen molar-refractivity contribution in [3.8, 4) is 5.75 Å². The van der Waals surface area contributed by atoms with Gasteiger partial charge in [0.05, 0.1) is 5.69 Å². The molecule has 1 unspecified atom stereocenters. The molecule has 1 atom stereocenters. The molecule has 2 aromatic rings. The minimum atomic E-state index is -0.465. The standard InChI is InChI=1S/C15H16N2O2S/c1-10-15(18)17(7-6-12-3-2-8-20-12)13-5-4-11(16)9-14(13)19-10/h2-5,8-10H,6-7,16H2,1H3. The summed E-state index contributed by atoms with van der Waals surface area (Å²) in [6.45, 7) is 2.43. The number of amides is 1. The summed E-state index contributed by atoms with van der Waals surface area (Å²) in [6.07, 6.45) is 0.382. The summed E-state index contributed by atoms with van der Waals surface area (Å²) in [7, 11) is 0. The molecule has 1 aromatic heterocycles. The van der Waals surface area contributed by atoms with Crippen LogP contribution in [0.1, 0.15) is 11.8 Å². The zero-order valence-corrected chi connectivity index (χ0v) is 12.0. The van der Waals surface area contributed by atoms with E-state index in [-0.39, 0.29) is 5.91 Å². The Kier molecular flexibility index (Phi) is 3.36. The SMILES string of the molecule is CC1Oc2cc(N)ccc2N(CCc2cccs2)C1=O. The summed E-state index contributed by atoms with van der Waals surface area (Å²) in [5.41, 5.74) is 7.22. The zero-order valence-electron chi connectivity index (χ0n) is 11.2. The average Bonchev–Trinajstić information content (AvgIpc) is 2.92. The van der Waals surface area contributed by atoms with Crippen LogP contribution in [0.3, 0.4) is 0 Å². The molecule has 0 bridgehead atoms. The van der Waals surface area contributed by atoms with Gasteiger partial charge in [0.2, 0.25) is 0 Å². The molecule has 1 aliphatic rings. The van der Waals surface area contributed by atoms with E-state index in [1.807, 2.05) is 17.5 Å². The summed E-state index contributed by atoms with van der Waals surface area (Å²) in [6, 6.07) is 9.53. The molecule has 20 heavy (non-hydrogen) atoms. The Balaban J connectivity index is 1.87. The van der Waals surface area contributed by atoms with Gasteiger partial charge in [-0.3, -0.25) is 4.79 Å². The van der Waals surface area contributed by atoms with Crippen LogP contribution in [0, 0.1) is 0 Å². The lowest BCUT2D eigenvalue weighted by molar-refractivity contribution is -0.125. The van der Waals surface area contributed by atoms with Crippen LogP contribution in [-0.2, 0) is 11.2 Å². The Hall–Kier alpha value is -2.01. The molecule has 1 amide bonds. The van der Waals surface area contributed by atoms with E-state index >= 15 is 0 Å². The quantitative estimate of drug-likeness (QED) is 0.883. The molecule has 0 spiro atoms. The van der Waals surface area contributed by atoms with Crippen molar-refractivity contribution in [3.63, 3.8) is 0 Å². The minimum Gasteiger partial charge on any atom is -0.479 e. The lowest BCUT2D eigenvalue weighted by atomic mass is 10.1. The first-order valence-electron chi connectivity index (χ1n) is 6.55. The van der Waals surface area contributed by atoms with E-state index in [0.29, 0.717) is 18.0 Å². The normalized spacial score (nSPS) is 17.8. The summed E-state index contributed by atoms with van der Waals surface area (Å²) in [5.74, 6) is 0.683. The first kappa shape index (κ1) is 13.0. The summed E-state index contributed by atoms with van der Waals surface area (Å²) in [5, 5.41) is 2.05. The molecule has 5 heteroatoms. The van der Waals surface area contributed by atoms with Gasteiger partial charge in [-0.25, -0.2) is 0 Å². The number of fused-ring (bicyclic) bond motifs is 1. The highest BCUT2D eigenvalue weighted by Gasteiger charge is 2.31. The van der Waals surface area contributed by atoms with E-state index in [4.69, 9.17) is 10.5 Å². The van der Waals surface area contributed by atoms with Crippen molar-refractivity contribution < 1.29 is 9.53 Å². The van der Waals surface area contributed by atoms with Gasteiger partial charge in [-0.1, -0.05) is 6.07 Å². The second kappa shape index (κ2) is 5.17. The molecule has 0 aliphatic carbocycles. The molecule has 0 saturated carbocycles. The van der Waals surface area contributed by atoms with Gasteiger partial charge >= 0.3 is 0 Å². The van der Waals surface area contributed by atoms with Crippen molar-refractivity contribution >= 4 is 28.6 Å². The monoisotopic (exact) mass is 288 g/mol. The fourth-order valence-corrected chi connectivity index (χ4v) is 3.03. The van der Waals surface area contributed by atoms with Crippen LogP contribution >= 0.6 is 11.3 Å². The molecule has 0 radical (unpaired) electrons. The van der Waals surface area contributed by atoms with E-state index in [2.05, 4.69) is 6.07 Å². The Bertz CT molecular complexity index is 625. The lowest BCUT2D eigenvalue weighted by Gasteiger charge is -2.33. The number of carbonyl (C=O) groups is 1. The van der Waals surface area contributed by atoms with Crippen LogP contribution < -0.4 is 15.4 Å². The summed E-state index contributed by atoms with van der Waals surface area (Å²) < 4.78 is 5.62. The molecular formula is C15H16N2O2S. The second-order valence-corrected chi connectivity index (χ2v) is 5.84. The number of carbonyl (C=O) groups excluding carboxylic acids is 1. The Morgan fingerprint density at radius 3 is 3.00 bits per heavy atom. The van der Waals surface area contributed by atoms with Gasteiger partial charge < -0.3 is 15.4 Å². The van der Waals surface area contributed by atoms with Crippen LogP contribution in [0.2, 0.25) is 0 Å². The molecular weight excluding hydrogens is 272 g/mol. The van der Waals surface area contributed by atoms with Crippen LogP contribution in [0.5, 0.6) is 5.75 Å². The van der Waals surface area contributed by atoms with Gasteiger partial charge in [0.25, 0.3) is 5.91 Å². The van der Waals surface area contributed by atoms with Gasteiger partial charge in [-0.15, -0.1) is 11.3 Å². The van der Waals surface area contributed by atoms with Crippen LogP contribution in [-0.4, -0.2) is 18.6 Å². The number of hydrogen-bond acceptors (Lipinski definition) is 4. The van der Waals surface area contributed by atoms with Gasteiger partial charge in [0.15, 0.2) is 6.10 Å². The topological polar surface area (TPSA) is 55.6 Å². The molecule has 1 aromatic carbocycles. The highest BCUT2D eigenvalue weighted by molar-refractivity contribution is 7.09. The molecule has 0 fully saturated rings. The van der Waals surface area contributed by atoms with Crippen molar-refractivity contribution in [1.29, 1.82) is 0 Å². The van der Waals surface area contributed by atoms with Crippen molar-refractivity contribution in [1.82, 2.24) is 0 Å². The first-order chi connectivity index (χ1) is 9.65. The van der Waals surface area contributed by atoms with E-state index in [1.165, 1.54) is 4.88 Å². The van der Waals surface area contributed by atoms with Gasteiger partial charge in [-0.2, -0.15) is 0 Å². The molecule has 4 nitrogen and oxygen atoms in total. The number of hydrogen-bond donors (Lipinski definition) is 1. The number of nitrogen functional groups attached to an aromatic ring is 1. The van der Waals surface area contributed by atoms with E-state index < -0.39 is 6.10 Å². The molecule has 0 saturated heterocycles. The van der Waals surface area contributed by atoms with E-state index in [1.54, 1.807) is 35.3 Å². The minimum absolute atomic E-state index is 0.00109. The highest BCUT2D eigenvalue weighted by atomic mass is 32.1. The number of nitrogens with zero attached hydrogens (tertiary/aromatic N) is 1. The van der Waals surface area contributed by atoms with E-state index in [0.717, 1.165) is 12.1 Å². The van der Waals surface area contributed by atoms with Crippen molar-refractivity contribution in [2.24, 2.45) is 0 Å². The zero-order chi connectivity index (χ0) is 14.1. The Morgan fingerprint density at radius 1 is 1.40 bits per heavy atom. The second-order valence-electron chi connectivity index (χ2n) is 4.81. The molecule has 1 aliphatic heterocycles. The third-order valence-corrected chi connectivity index (χ3v) is 4.29. The summed E-state index contributed by atoms with van der Waals surface area (Å²) >= 11 is 1.71. The molecule has 3 rings (SSSR count). The number of ether oxygens (including phenoxy) is 1. The lowest BCUT2D eigenvalue weighted by Crippen LogP contribution is -2.45. The Morgan fingerprint density at radius 2 is 2.25 bits per heavy atom. The number of rotatable bonds is 3. The number of thiophene rings is 1. The molecule has 104 valence electrons. The van der Waals surface area contributed by atoms with Crippen molar-refractivity contribution in [3.05, 3.63) is 40.6 Å². The maximum atomic E-state index is 12.3. The maximum absolute atomic E-state index is 12.3. The van der Waals surface area contributed by atoms with E-state index in [9.17, 15) is 4.79 Å². The van der Waals surface area contributed by atoms with Crippen LogP contribution in [0.4, 0.5) is 11.4 Å². The van der Waals surface area contributed by atoms with Gasteiger partial charge in [0.1, 0.15) is 5.75 Å². The number of benzene rings is 1. The third-order valence-electron chi connectivity index (χ3n) is 3.35. The molecule has 2 N–H and O–H groups in total. The smallest absolute Gasteiger partial charge is 0.267 e. The van der Waals surface area contributed by atoms with Gasteiger partial charge in [0, 0.05) is 23.2 Å². The number of nitrogens with two attached hydrogens (primary N) is 1. The van der Waals surface area contributed by atoms with Crippen LogP contribution in [0.25, 0.3) is 0 Å². The summed E-state index contributed by atoms with van der Waals surface area (Å²) in [4.78, 5) is 15.4. The first-order valence-corrected chi connectivity index (χ1v) is 7.43. The fraction of sp³-hybridized carbons (Fsp3) is 0.267. The molecule has 2 heterocycles. The highest BCUT2D eigenvalue weighted by Crippen LogP contribution is 2.35. The average molecular weight is 288 g/mol. The van der Waals surface area contributed by atoms with Crippen molar-refractivity contribution in [2.45, 2.75) is 19.4 Å². The largest absolute Gasteiger partial charge is 0.479 e. The predicted molar refractivity (Wildman–Crippen MR) is 81.3 cm³/mol. The maximum Gasteiger partial charge on any atom is 0.267 e. The fourth-order valence-electron chi connectivity index (χ4n) is 2.33. The number of anilines is 2.